The lowest BCUT2D eigenvalue weighted by Gasteiger charge is -2.08. The Labute approximate surface area is 195 Å². The Morgan fingerprint density at radius 3 is 2.06 bits per heavy atom. The van der Waals surface area contributed by atoms with Crippen molar-refractivity contribution < 1.29 is 9.59 Å². The minimum atomic E-state index is -0.457. The summed E-state index contributed by atoms with van der Waals surface area (Å²) in [5, 5.41) is 18.6. The van der Waals surface area contributed by atoms with Gasteiger partial charge in [0.15, 0.2) is 17.2 Å². The molecule has 4 aromatic rings. The normalized spacial score (nSPS) is 12.8. The first-order valence-electron chi connectivity index (χ1n) is 10.8. The van der Waals surface area contributed by atoms with Gasteiger partial charge in [0.05, 0.1) is 27.9 Å². The number of nitriles is 2. The minimum absolute atomic E-state index is 0.00181. The van der Waals surface area contributed by atoms with E-state index in [2.05, 4.69) is 13.8 Å². The fraction of sp³-hybridized carbons (Fsp3) is 0.148. The van der Waals surface area contributed by atoms with Gasteiger partial charge in [-0.05, 0) is 36.4 Å². The molecule has 0 saturated heterocycles. The van der Waals surface area contributed by atoms with Gasteiger partial charge in [-0.2, -0.15) is 10.5 Å². The number of benzene rings is 2. The van der Waals surface area contributed by atoms with Gasteiger partial charge in [-0.15, -0.1) is 0 Å². The summed E-state index contributed by atoms with van der Waals surface area (Å²) in [4.78, 5) is 31.2. The molecule has 2 heterocycles. The number of Topliss-reactive ketones (excluding diaryl/α,β-unsaturated/α-hetero) is 2. The van der Waals surface area contributed by atoms with E-state index in [-0.39, 0.29) is 33.7 Å². The molecule has 1 aliphatic rings. The lowest BCUT2D eigenvalue weighted by Crippen LogP contribution is -2.04. The molecule has 7 nitrogen and oxygen atoms in total. The van der Waals surface area contributed by atoms with Crippen molar-refractivity contribution in [1.29, 1.82) is 10.5 Å². The van der Waals surface area contributed by atoms with Crippen LogP contribution in [0, 0.1) is 22.7 Å². The van der Waals surface area contributed by atoms with Gasteiger partial charge >= 0.3 is 0 Å². The third kappa shape index (κ3) is 2.99. The molecule has 0 unspecified atom stereocenters. The molecule has 0 bridgehead atoms. The maximum Gasteiger partial charge on any atom is 0.197 e. The molecule has 1 aliphatic carbocycles. The number of imidazole rings is 1. The minimum Gasteiger partial charge on any atom is -0.330 e. The molecule has 164 valence electrons. The van der Waals surface area contributed by atoms with Crippen LogP contribution in [0.25, 0.3) is 22.9 Å². The first-order valence-corrected chi connectivity index (χ1v) is 10.8. The summed E-state index contributed by atoms with van der Waals surface area (Å²) >= 11 is 0. The van der Waals surface area contributed by atoms with Crippen LogP contribution in [0.2, 0.25) is 0 Å². The SMILES string of the molecule is CC(C)c1nc2c(cc(C=C3C(=O)c4cc(C#N)c(C#N)cc4C3=O)n2-c2ccccc2)n1C. The standard InChI is InChI=1S/C27H19N5O2/c1-15(2)26-30-27-23(31(26)3)12-19(32(27)18-7-5-4-6-8-18)11-22-24(33)20-9-16(13-28)17(14-29)10-21(20)25(22)34/h4-12,15H,1-3H3. The fourth-order valence-electron chi connectivity index (χ4n) is 4.47. The van der Waals surface area contributed by atoms with Crippen LogP contribution in [-0.2, 0) is 7.05 Å². The Morgan fingerprint density at radius 2 is 1.53 bits per heavy atom. The van der Waals surface area contributed by atoms with Crippen LogP contribution in [0.5, 0.6) is 0 Å². The highest BCUT2D eigenvalue weighted by molar-refractivity contribution is 6.41. The summed E-state index contributed by atoms with van der Waals surface area (Å²) in [6.45, 7) is 4.16. The number of rotatable bonds is 3. The zero-order valence-corrected chi connectivity index (χ0v) is 18.8. The molecule has 0 amide bonds. The van der Waals surface area contributed by atoms with Crippen LogP contribution < -0.4 is 0 Å². The second kappa shape index (κ2) is 7.68. The second-order valence-electron chi connectivity index (χ2n) is 8.52. The summed E-state index contributed by atoms with van der Waals surface area (Å²) < 4.78 is 3.95. The van der Waals surface area contributed by atoms with Gasteiger partial charge in [-0.3, -0.25) is 14.2 Å². The van der Waals surface area contributed by atoms with Gasteiger partial charge in [0.1, 0.15) is 18.0 Å². The van der Waals surface area contributed by atoms with Crippen molar-refractivity contribution in [1.82, 2.24) is 14.1 Å². The highest BCUT2D eigenvalue weighted by Crippen LogP contribution is 2.33. The molecule has 34 heavy (non-hydrogen) atoms. The Bertz CT molecular complexity index is 1580. The topological polar surface area (TPSA) is 104 Å². The molecular formula is C27H19N5O2. The molecule has 0 fully saturated rings. The van der Waals surface area contributed by atoms with E-state index in [0.717, 1.165) is 22.7 Å². The number of para-hydroxylation sites is 1. The van der Waals surface area contributed by atoms with Crippen molar-refractivity contribution in [2.75, 3.05) is 0 Å². The summed E-state index contributed by atoms with van der Waals surface area (Å²) in [5.74, 6) is 0.241. The zero-order valence-electron chi connectivity index (χ0n) is 18.8. The van der Waals surface area contributed by atoms with Crippen molar-refractivity contribution >= 4 is 28.8 Å². The lowest BCUT2D eigenvalue weighted by atomic mass is 10.0. The van der Waals surface area contributed by atoms with Crippen molar-refractivity contribution in [3.05, 3.63) is 87.9 Å². The van der Waals surface area contributed by atoms with Gasteiger partial charge in [-0.1, -0.05) is 32.0 Å². The van der Waals surface area contributed by atoms with E-state index >= 15 is 0 Å². The largest absolute Gasteiger partial charge is 0.330 e. The fourth-order valence-corrected chi connectivity index (χ4v) is 4.47. The predicted octanol–water partition coefficient (Wildman–Crippen LogP) is 4.69. The highest BCUT2D eigenvalue weighted by Gasteiger charge is 2.35. The average Bonchev–Trinajstić information content (AvgIpc) is 3.44. The molecule has 0 N–H and O–H groups in total. The number of hydrogen-bond acceptors (Lipinski definition) is 5. The number of fused-ring (bicyclic) bond motifs is 2. The maximum absolute atomic E-state index is 13.2. The number of ketones is 2. The Hall–Kier alpha value is -4.75. The number of allylic oxidation sites excluding steroid dienone is 1. The third-order valence-corrected chi connectivity index (χ3v) is 6.11. The summed E-state index contributed by atoms with van der Waals surface area (Å²) in [6, 6.07) is 18.1. The Balaban J connectivity index is 1.73. The monoisotopic (exact) mass is 445 g/mol. The molecule has 0 aliphatic heterocycles. The number of aryl methyl sites for hydroxylation is 1. The predicted molar refractivity (Wildman–Crippen MR) is 127 cm³/mol. The van der Waals surface area contributed by atoms with E-state index in [9.17, 15) is 20.1 Å². The Morgan fingerprint density at radius 1 is 0.941 bits per heavy atom. The third-order valence-electron chi connectivity index (χ3n) is 6.11. The summed E-state index contributed by atoms with van der Waals surface area (Å²) in [5.41, 5.74) is 3.56. The van der Waals surface area contributed by atoms with Crippen LogP contribution in [-0.4, -0.2) is 25.7 Å². The Kier molecular flexibility index (Phi) is 4.77. The van der Waals surface area contributed by atoms with Gasteiger partial charge < -0.3 is 4.57 Å². The van der Waals surface area contributed by atoms with Gasteiger partial charge in [0, 0.05) is 29.8 Å². The second-order valence-corrected chi connectivity index (χ2v) is 8.52. The van der Waals surface area contributed by atoms with E-state index in [1.165, 1.54) is 12.1 Å². The van der Waals surface area contributed by atoms with Gasteiger partial charge in [0.2, 0.25) is 0 Å². The van der Waals surface area contributed by atoms with Crippen LogP contribution in [0.15, 0.2) is 54.1 Å². The van der Waals surface area contributed by atoms with Gasteiger partial charge in [-0.25, -0.2) is 4.98 Å². The van der Waals surface area contributed by atoms with Crippen LogP contribution in [0.4, 0.5) is 0 Å². The summed E-state index contributed by atoms with van der Waals surface area (Å²) in [6.07, 6.45) is 1.58. The molecule has 0 atom stereocenters. The number of nitrogens with zero attached hydrogens (tertiary/aromatic N) is 5. The van der Waals surface area contributed by atoms with Crippen molar-refractivity contribution in [3.63, 3.8) is 0 Å². The molecule has 2 aromatic carbocycles. The van der Waals surface area contributed by atoms with E-state index in [0.29, 0.717) is 5.69 Å². The van der Waals surface area contributed by atoms with Crippen LogP contribution >= 0.6 is 0 Å². The molecular weight excluding hydrogens is 426 g/mol. The molecule has 0 spiro atoms. The molecule has 7 heteroatoms. The number of carbonyl (C=O) groups is 2. The van der Waals surface area contributed by atoms with Crippen LogP contribution in [0.3, 0.4) is 0 Å². The molecule has 5 rings (SSSR count). The zero-order chi connectivity index (χ0) is 24.1. The van der Waals surface area contributed by atoms with E-state index in [1.807, 2.05) is 64.7 Å². The van der Waals surface area contributed by atoms with E-state index in [1.54, 1.807) is 6.08 Å². The lowest BCUT2D eigenvalue weighted by molar-refractivity contribution is 0.0990. The highest BCUT2D eigenvalue weighted by atomic mass is 16.2. The van der Waals surface area contributed by atoms with Crippen molar-refractivity contribution in [2.24, 2.45) is 7.05 Å². The molecule has 0 saturated carbocycles. The number of hydrogen-bond donors (Lipinski definition) is 0. The first-order chi connectivity index (χ1) is 16.3. The first kappa shape index (κ1) is 21.1. The maximum atomic E-state index is 13.2. The average molecular weight is 445 g/mol. The van der Waals surface area contributed by atoms with Crippen LogP contribution in [0.1, 0.15) is 63.1 Å². The quantitative estimate of drug-likeness (QED) is 0.336. The number of carbonyl (C=O) groups excluding carboxylic acids is 2. The summed E-state index contributed by atoms with van der Waals surface area (Å²) in [7, 11) is 1.95. The van der Waals surface area contributed by atoms with Crippen molar-refractivity contribution in [2.45, 2.75) is 19.8 Å². The molecule has 2 aromatic heterocycles. The smallest absolute Gasteiger partial charge is 0.197 e. The van der Waals surface area contributed by atoms with Crippen molar-refractivity contribution in [3.8, 4) is 17.8 Å². The van der Waals surface area contributed by atoms with E-state index < -0.39 is 11.6 Å². The number of aromatic nitrogens is 3. The van der Waals surface area contributed by atoms with Gasteiger partial charge in [0.25, 0.3) is 0 Å². The van der Waals surface area contributed by atoms with E-state index in [4.69, 9.17) is 4.98 Å². The molecule has 0 radical (unpaired) electrons.